The third kappa shape index (κ3) is 4.52. The Morgan fingerprint density at radius 2 is 2.00 bits per heavy atom. The molecule has 2 N–H and O–H groups in total. The summed E-state index contributed by atoms with van der Waals surface area (Å²) in [6.45, 7) is 1.46. The van der Waals surface area contributed by atoms with Crippen LogP contribution in [-0.2, 0) is 0 Å². The molecule has 0 bridgehead atoms. The van der Waals surface area contributed by atoms with Crippen molar-refractivity contribution < 1.29 is 22.3 Å². The van der Waals surface area contributed by atoms with E-state index in [9.17, 15) is 17.6 Å². The molecule has 1 aromatic carbocycles. The van der Waals surface area contributed by atoms with Gasteiger partial charge in [-0.2, -0.15) is 13.2 Å². The number of hydrogen-bond acceptors (Lipinski definition) is 2. The van der Waals surface area contributed by atoms with Crippen molar-refractivity contribution in [2.24, 2.45) is 5.73 Å². The fourth-order valence-electron chi connectivity index (χ4n) is 1.48. The van der Waals surface area contributed by atoms with Crippen molar-refractivity contribution in [1.29, 1.82) is 0 Å². The quantitative estimate of drug-likeness (QED) is 0.652. The molecule has 1 atom stereocenters. The van der Waals surface area contributed by atoms with Crippen LogP contribution in [0.5, 0.6) is 5.75 Å². The molecule has 102 valence electrons. The first-order valence-corrected chi connectivity index (χ1v) is 5.55. The lowest BCUT2D eigenvalue weighted by Gasteiger charge is -2.15. The highest BCUT2D eigenvalue weighted by Gasteiger charge is 2.26. The number of benzene rings is 1. The van der Waals surface area contributed by atoms with Crippen molar-refractivity contribution in [3.63, 3.8) is 0 Å². The van der Waals surface area contributed by atoms with Crippen LogP contribution in [0.2, 0.25) is 0 Å². The van der Waals surface area contributed by atoms with Crippen LogP contribution < -0.4 is 10.5 Å². The van der Waals surface area contributed by atoms with Gasteiger partial charge >= 0.3 is 6.18 Å². The summed E-state index contributed by atoms with van der Waals surface area (Å²) in [5.41, 5.74) is 6.08. The summed E-state index contributed by atoms with van der Waals surface area (Å²) in [5.74, 6) is -0.675. The zero-order valence-corrected chi connectivity index (χ0v) is 9.93. The van der Waals surface area contributed by atoms with Gasteiger partial charge in [0.05, 0.1) is 6.61 Å². The Kier molecular flexibility index (Phi) is 4.95. The summed E-state index contributed by atoms with van der Waals surface area (Å²) in [4.78, 5) is 0. The molecule has 0 spiro atoms. The van der Waals surface area contributed by atoms with Gasteiger partial charge in [-0.1, -0.05) is 12.1 Å². The van der Waals surface area contributed by atoms with Gasteiger partial charge in [0.25, 0.3) is 0 Å². The molecule has 1 rings (SSSR count). The maximum atomic E-state index is 13.5. The molecule has 0 saturated heterocycles. The highest BCUT2D eigenvalue weighted by atomic mass is 19.4. The molecule has 0 saturated carbocycles. The molecule has 0 aromatic heterocycles. The maximum Gasteiger partial charge on any atom is 0.389 e. The Balaban J connectivity index is 2.61. The second kappa shape index (κ2) is 6.04. The lowest BCUT2D eigenvalue weighted by molar-refractivity contribution is -0.136. The summed E-state index contributed by atoms with van der Waals surface area (Å²) in [6, 6.07) is 3.81. The molecule has 0 unspecified atom stereocenters. The molecule has 0 radical (unpaired) electrons. The number of hydrogen-bond donors (Lipinski definition) is 1. The minimum atomic E-state index is -4.22. The average molecular weight is 265 g/mol. The number of alkyl halides is 3. The molecular formula is C12H15F4NO. The van der Waals surface area contributed by atoms with Crippen LogP contribution in [0.25, 0.3) is 0 Å². The second-order valence-electron chi connectivity index (χ2n) is 4.01. The van der Waals surface area contributed by atoms with Crippen LogP contribution in [-0.4, -0.2) is 12.8 Å². The first kappa shape index (κ1) is 14.8. The van der Waals surface area contributed by atoms with Crippen LogP contribution in [0.4, 0.5) is 17.6 Å². The predicted molar refractivity (Wildman–Crippen MR) is 59.8 cm³/mol. The smallest absolute Gasteiger partial charge is 0.389 e. The van der Waals surface area contributed by atoms with Crippen molar-refractivity contribution in [1.82, 2.24) is 0 Å². The van der Waals surface area contributed by atoms with E-state index in [2.05, 4.69) is 0 Å². The number of ether oxygens (including phenoxy) is 1. The van der Waals surface area contributed by atoms with Crippen LogP contribution in [0.15, 0.2) is 18.2 Å². The van der Waals surface area contributed by atoms with E-state index in [1.807, 2.05) is 0 Å². The van der Waals surface area contributed by atoms with Gasteiger partial charge in [0, 0.05) is 18.0 Å². The number of nitrogens with two attached hydrogens (primary N) is 1. The molecule has 2 nitrogen and oxygen atoms in total. The fourth-order valence-corrected chi connectivity index (χ4v) is 1.48. The highest BCUT2D eigenvalue weighted by Crippen LogP contribution is 2.28. The minimum Gasteiger partial charge on any atom is -0.490 e. The van der Waals surface area contributed by atoms with E-state index < -0.39 is 24.5 Å². The zero-order valence-electron chi connectivity index (χ0n) is 9.93. The largest absolute Gasteiger partial charge is 0.490 e. The summed E-state index contributed by atoms with van der Waals surface area (Å²) in [7, 11) is 0. The van der Waals surface area contributed by atoms with Gasteiger partial charge in [-0.3, -0.25) is 0 Å². The van der Waals surface area contributed by atoms with E-state index in [0.717, 1.165) is 0 Å². The molecule has 0 fully saturated rings. The van der Waals surface area contributed by atoms with Gasteiger partial charge in [-0.05, 0) is 19.4 Å². The molecule has 6 heteroatoms. The molecule has 0 aliphatic heterocycles. The first-order valence-electron chi connectivity index (χ1n) is 5.55. The standard InChI is InChI=1S/C12H15F4NO/c1-8(17)9-4-2-5-10(13)11(9)18-7-3-6-12(14,15)16/h2,4-5,8H,3,6-7,17H2,1H3/t8-/m1/s1. The Hall–Kier alpha value is -1.30. The Morgan fingerprint density at radius 3 is 2.56 bits per heavy atom. The number of rotatable bonds is 5. The average Bonchev–Trinajstić information content (AvgIpc) is 2.24. The molecule has 0 aliphatic carbocycles. The fraction of sp³-hybridized carbons (Fsp3) is 0.500. The van der Waals surface area contributed by atoms with E-state index in [0.29, 0.717) is 5.56 Å². The van der Waals surface area contributed by atoms with Crippen LogP contribution in [0.3, 0.4) is 0 Å². The normalized spacial score (nSPS) is 13.4. The third-order valence-electron chi connectivity index (χ3n) is 2.34. The Morgan fingerprint density at radius 1 is 1.33 bits per heavy atom. The van der Waals surface area contributed by atoms with Crippen molar-refractivity contribution in [3.05, 3.63) is 29.6 Å². The van der Waals surface area contributed by atoms with E-state index >= 15 is 0 Å². The molecule has 0 amide bonds. The summed E-state index contributed by atoms with van der Waals surface area (Å²) >= 11 is 0. The zero-order chi connectivity index (χ0) is 13.8. The van der Waals surface area contributed by atoms with Gasteiger partial charge in [0.1, 0.15) is 0 Å². The number of halogens is 4. The molecule has 18 heavy (non-hydrogen) atoms. The van der Waals surface area contributed by atoms with Crippen molar-refractivity contribution in [3.8, 4) is 5.75 Å². The van der Waals surface area contributed by atoms with Crippen molar-refractivity contribution >= 4 is 0 Å². The highest BCUT2D eigenvalue weighted by molar-refractivity contribution is 5.36. The second-order valence-corrected chi connectivity index (χ2v) is 4.01. The first-order chi connectivity index (χ1) is 8.31. The monoisotopic (exact) mass is 265 g/mol. The summed E-state index contributed by atoms with van der Waals surface area (Å²) in [6.07, 6.45) is -5.38. The molecular weight excluding hydrogens is 250 g/mol. The third-order valence-corrected chi connectivity index (χ3v) is 2.34. The lowest BCUT2D eigenvalue weighted by atomic mass is 10.1. The van der Waals surface area contributed by atoms with Gasteiger partial charge in [0.15, 0.2) is 11.6 Å². The van der Waals surface area contributed by atoms with E-state index in [-0.39, 0.29) is 18.8 Å². The van der Waals surface area contributed by atoms with Crippen LogP contribution in [0, 0.1) is 5.82 Å². The van der Waals surface area contributed by atoms with E-state index in [1.54, 1.807) is 13.0 Å². The topological polar surface area (TPSA) is 35.2 Å². The summed E-state index contributed by atoms with van der Waals surface area (Å²) in [5, 5.41) is 0. The van der Waals surface area contributed by atoms with Crippen LogP contribution in [0.1, 0.15) is 31.4 Å². The SMILES string of the molecule is C[C@@H](N)c1cccc(F)c1OCCCC(F)(F)F. The maximum absolute atomic E-state index is 13.5. The number of para-hydroxylation sites is 1. The minimum absolute atomic E-state index is 0.0605. The van der Waals surface area contributed by atoms with E-state index in [1.165, 1.54) is 12.1 Å². The molecule has 0 aliphatic rings. The van der Waals surface area contributed by atoms with Gasteiger partial charge < -0.3 is 10.5 Å². The van der Waals surface area contributed by atoms with Gasteiger partial charge in [-0.15, -0.1) is 0 Å². The Labute approximate surface area is 103 Å². The van der Waals surface area contributed by atoms with Crippen molar-refractivity contribution in [2.45, 2.75) is 32.0 Å². The van der Waals surface area contributed by atoms with Crippen LogP contribution >= 0.6 is 0 Å². The molecule has 0 heterocycles. The Bertz CT molecular complexity index is 390. The molecule has 1 aromatic rings. The summed E-state index contributed by atoms with van der Waals surface area (Å²) < 4.78 is 54.3. The lowest BCUT2D eigenvalue weighted by Crippen LogP contribution is -2.12. The van der Waals surface area contributed by atoms with Gasteiger partial charge in [-0.25, -0.2) is 4.39 Å². The van der Waals surface area contributed by atoms with E-state index in [4.69, 9.17) is 10.5 Å². The van der Waals surface area contributed by atoms with Crippen molar-refractivity contribution in [2.75, 3.05) is 6.61 Å². The predicted octanol–water partition coefficient (Wildman–Crippen LogP) is 3.57. The van der Waals surface area contributed by atoms with Gasteiger partial charge in [0.2, 0.25) is 0 Å².